The van der Waals surface area contributed by atoms with Crippen LogP contribution in [-0.4, -0.2) is 22.4 Å². The summed E-state index contributed by atoms with van der Waals surface area (Å²) in [6.45, 7) is 0. The van der Waals surface area contributed by atoms with Gasteiger partial charge in [0.1, 0.15) is 0 Å². The Hall–Kier alpha value is 2.58. The molecule has 0 aliphatic rings. The van der Waals surface area contributed by atoms with Gasteiger partial charge in [0.2, 0.25) is 0 Å². The first-order valence-electron chi connectivity index (χ1n) is 0.775. The molecular formula is H3BCe2O6. The molecule has 0 saturated heterocycles. The summed E-state index contributed by atoms with van der Waals surface area (Å²) in [7, 11) is -2.17. The third-order valence-electron chi connectivity index (χ3n) is 0. The first-order valence-corrected chi connectivity index (χ1v) is 0.775. The van der Waals surface area contributed by atoms with E-state index in [2.05, 4.69) is 0 Å². The van der Waals surface area contributed by atoms with E-state index < -0.39 is 7.32 Å². The third kappa shape index (κ3) is 117. The van der Waals surface area contributed by atoms with Gasteiger partial charge in [-0.15, -0.1) is 0 Å². The van der Waals surface area contributed by atoms with Crippen LogP contribution >= 0.6 is 0 Å². The van der Waals surface area contributed by atoms with Crippen LogP contribution in [0.4, 0.5) is 0 Å². The zero-order chi connectivity index (χ0) is 3.58. The van der Waals surface area contributed by atoms with Crippen molar-refractivity contribution in [3.05, 3.63) is 0 Å². The second-order valence-electron chi connectivity index (χ2n) is 0.346. The summed E-state index contributed by atoms with van der Waals surface area (Å²) in [5.41, 5.74) is 0. The predicted molar refractivity (Wildman–Crippen MR) is 14.5 cm³/mol. The molecule has 0 aromatic rings. The van der Waals surface area contributed by atoms with E-state index in [1.54, 1.807) is 0 Å². The van der Waals surface area contributed by atoms with Crippen molar-refractivity contribution >= 4 is 7.32 Å². The Morgan fingerprint density at radius 1 is 0.667 bits per heavy atom. The van der Waals surface area contributed by atoms with Crippen LogP contribution < -0.4 is 0 Å². The van der Waals surface area contributed by atoms with Crippen LogP contribution in [0, 0.1) is 83.5 Å². The molecule has 0 aromatic heterocycles. The average molecular weight is 390 g/mol. The van der Waals surface area contributed by atoms with E-state index in [-0.39, 0.29) is 99.9 Å². The summed E-state index contributed by atoms with van der Waals surface area (Å²) in [4.78, 5) is 0. The van der Waals surface area contributed by atoms with Gasteiger partial charge in [-0.1, -0.05) is 0 Å². The molecule has 6 nitrogen and oxygen atoms in total. The Morgan fingerprint density at radius 2 is 0.667 bits per heavy atom. The average Bonchev–Trinajstić information content (AvgIpc) is 0.811. The Morgan fingerprint density at radius 3 is 0.667 bits per heavy atom. The van der Waals surface area contributed by atoms with E-state index in [0.29, 0.717) is 0 Å². The van der Waals surface area contributed by atoms with Crippen LogP contribution in [-0.2, 0) is 16.4 Å². The van der Waals surface area contributed by atoms with Gasteiger partial charge in [-0.25, -0.2) is 0 Å². The maximum absolute atomic E-state index is 7.17. The van der Waals surface area contributed by atoms with E-state index in [4.69, 9.17) is 15.1 Å². The maximum atomic E-state index is 7.17. The van der Waals surface area contributed by atoms with E-state index in [1.807, 2.05) is 0 Å². The van der Waals surface area contributed by atoms with Crippen molar-refractivity contribution in [2.75, 3.05) is 0 Å². The van der Waals surface area contributed by atoms with Crippen molar-refractivity contribution in [2.24, 2.45) is 0 Å². The van der Waals surface area contributed by atoms with Gasteiger partial charge in [-0.05, 0) is 0 Å². The van der Waals surface area contributed by atoms with Gasteiger partial charge in [0.15, 0.2) is 0 Å². The molecule has 0 bridgehead atoms. The summed E-state index contributed by atoms with van der Waals surface area (Å²) in [5.74, 6) is 0. The molecule has 9 heavy (non-hydrogen) atoms. The minimum Gasteiger partial charge on any atom is -2.00 e. The normalized spacial score (nSPS) is 3.00. The molecule has 0 atom stereocenters. The molecule has 50 valence electrons. The molecule has 0 saturated carbocycles. The molecule has 0 fully saturated rings. The summed E-state index contributed by atoms with van der Waals surface area (Å²) >= 11 is 0. The molecule has 0 spiro atoms. The summed E-state index contributed by atoms with van der Waals surface area (Å²) in [6, 6.07) is 0. The van der Waals surface area contributed by atoms with E-state index in [1.165, 1.54) is 0 Å². The summed E-state index contributed by atoms with van der Waals surface area (Å²) in [5, 5.41) is 21.5. The van der Waals surface area contributed by atoms with Crippen LogP contribution in [0.15, 0.2) is 0 Å². The fourth-order valence-electron chi connectivity index (χ4n) is 0. The van der Waals surface area contributed by atoms with E-state index >= 15 is 0 Å². The van der Waals surface area contributed by atoms with Crippen molar-refractivity contribution in [3.63, 3.8) is 0 Å². The molecule has 0 unspecified atom stereocenters. The summed E-state index contributed by atoms with van der Waals surface area (Å²) in [6.07, 6.45) is 0. The molecule has 0 amide bonds. The Kier molecular flexibility index (Phi) is 144. The summed E-state index contributed by atoms with van der Waals surface area (Å²) < 4.78 is 0. The molecule has 0 aliphatic carbocycles. The largest absolute Gasteiger partial charge is 3.00 e. The Bertz CT molecular complexity index is 15.8. The molecule has 3 N–H and O–H groups in total. The second-order valence-corrected chi connectivity index (χ2v) is 0.346. The van der Waals surface area contributed by atoms with Crippen molar-refractivity contribution in [2.45, 2.75) is 0 Å². The molecule has 9 heteroatoms. The number of rotatable bonds is 0. The fourth-order valence-corrected chi connectivity index (χ4v) is 0. The van der Waals surface area contributed by atoms with Crippen molar-refractivity contribution in [1.82, 2.24) is 0 Å². The predicted octanol–water partition coefficient (Wildman–Crippen LogP) is -2.41. The number of hydrogen-bond donors (Lipinski definition) is 3. The van der Waals surface area contributed by atoms with Crippen molar-refractivity contribution < 1.29 is 115 Å². The van der Waals surface area contributed by atoms with Gasteiger partial charge < -0.3 is 31.5 Å². The van der Waals surface area contributed by atoms with Gasteiger partial charge in [0.05, 0.1) is 0 Å². The molecule has 2 radical (unpaired) electrons. The quantitative estimate of drug-likeness (QED) is 0.396. The van der Waals surface area contributed by atoms with Crippen LogP contribution in [0.3, 0.4) is 0 Å². The van der Waals surface area contributed by atoms with Gasteiger partial charge in [0, 0.05) is 0 Å². The van der Waals surface area contributed by atoms with Crippen molar-refractivity contribution in [3.8, 4) is 0 Å². The van der Waals surface area contributed by atoms with Crippen LogP contribution in [0.25, 0.3) is 0 Å². The maximum Gasteiger partial charge on any atom is 3.00 e. The smallest absolute Gasteiger partial charge is 2.00 e. The molecule has 0 rings (SSSR count). The fraction of sp³-hybridized carbons (Fsp3) is 0. The minimum absolute atomic E-state index is 0. The SMILES string of the molecule is OB(O)O.[Ce+3].[Ce+3].[O-2].[O-2].[O-2]. The monoisotopic (exact) mass is 390 g/mol. The van der Waals surface area contributed by atoms with E-state index in [0.717, 1.165) is 0 Å². The number of hydrogen-bond acceptors (Lipinski definition) is 3. The van der Waals surface area contributed by atoms with E-state index in [9.17, 15) is 0 Å². The minimum atomic E-state index is -2.17. The van der Waals surface area contributed by atoms with Crippen LogP contribution in [0.2, 0.25) is 0 Å². The second kappa shape index (κ2) is 31.2. The molecular weight excluding hydrogens is 387 g/mol. The standard InChI is InChI=1S/BH3O3.2Ce.3O/c2-1(3)4;;;;;/h2-4H;;;;;/q;2*+3;3*-2. The first kappa shape index (κ1) is 41.6. The van der Waals surface area contributed by atoms with Crippen LogP contribution in [0.5, 0.6) is 0 Å². The molecule has 0 aliphatic heterocycles. The molecule has 0 aromatic carbocycles. The zero-order valence-corrected chi connectivity index (χ0v) is 10.4. The topological polar surface area (TPSA) is 146 Å². The zero-order valence-electron chi connectivity index (χ0n) is 4.14. The Labute approximate surface area is 120 Å². The Balaban J connectivity index is -0.00000000450. The molecule has 0 heterocycles. The first-order chi connectivity index (χ1) is 1.73. The third-order valence-corrected chi connectivity index (χ3v) is 0. The van der Waals surface area contributed by atoms with Gasteiger partial charge in [-0.2, -0.15) is 0 Å². The van der Waals surface area contributed by atoms with Gasteiger partial charge in [0.25, 0.3) is 0 Å². The van der Waals surface area contributed by atoms with Crippen molar-refractivity contribution in [1.29, 1.82) is 0 Å². The van der Waals surface area contributed by atoms with Crippen LogP contribution in [0.1, 0.15) is 0 Å². The van der Waals surface area contributed by atoms with Gasteiger partial charge in [-0.3, -0.25) is 0 Å². The van der Waals surface area contributed by atoms with Gasteiger partial charge >= 0.3 is 90.8 Å².